The van der Waals surface area contributed by atoms with Crippen LogP contribution in [0.4, 0.5) is 5.69 Å². The van der Waals surface area contributed by atoms with Crippen molar-refractivity contribution in [2.24, 2.45) is 5.92 Å². The Bertz CT molecular complexity index is 481. The monoisotopic (exact) mass is 271 g/mol. The summed E-state index contributed by atoms with van der Waals surface area (Å²) < 4.78 is 0. The third-order valence-electron chi connectivity index (χ3n) is 3.88. The van der Waals surface area contributed by atoms with Crippen LogP contribution in [0.1, 0.15) is 37.8 Å². The first kappa shape index (κ1) is 14.9. The molecule has 1 aliphatic rings. The molecule has 2 rings (SSSR count). The number of hydrogen-bond donors (Lipinski definition) is 1. The molecular weight excluding hydrogens is 246 g/mol. The van der Waals surface area contributed by atoms with Crippen LogP contribution in [0.25, 0.3) is 0 Å². The summed E-state index contributed by atoms with van der Waals surface area (Å²) >= 11 is 0. The van der Waals surface area contributed by atoms with Gasteiger partial charge >= 0.3 is 0 Å². The zero-order chi connectivity index (χ0) is 14.5. The fourth-order valence-electron chi connectivity index (χ4n) is 2.87. The van der Waals surface area contributed by atoms with E-state index in [0.29, 0.717) is 12.0 Å². The summed E-state index contributed by atoms with van der Waals surface area (Å²) in [5, 5.41) is 12.6. The minimum Gasteiger partial charge on any atom is -0.370 e. The van der Waals surface area contributed by atoms with E-state index in [1.807, 2.05) is 13.0 Å². The Labute approximate surface area is 122 Å². The van der Waals surface area contributed by atoms with Gasteiger partial charge in [-0.15, -0.1) is 0 Å². The van der Waals surface area contributed by atoms with Crippen LogP contribution in [-0.4, -0.2) is 25.7 Å². The Balaban J connectivity index is 2.16. The third kappa shape index (κ3) is 3.74. The molecule has 108 valence electrons. The molecule has 20 heavy (non-hydrogen) atoms. The normalized spacial score (nSPS) is 18.2. The van der Waals surface area contributed by atoms with Gasteiger partial charge in [0.2, 0.25) is 0 Å². The van der Waals surface area contributed by atoms with Gasteiger partial charge in [0.1, 0.15) is 0 Å². The van der Waals surface area contributed by atoms with Crippen molar-refractivity contribution in [2.75, 3.05) is 24.5 Å². The van der Waals surface area contributed by atoms with Crippen LogP contribution in [0.5, 0.6) is 0 Å². The Morgan fingerprint density at radius 1 is 1.45 bits per heavy atom. The molecular formula is C17H25N3. The standard InChI is InChI=1S/C17H25N3/c1-13(2)11-20(12-16-5-4-8-19-16)17-7-6-15(10-18)14(3)9-17/h6-7,9,13,16,19H,4-5,8,11-12H2,1-3H3. The summed E-state index contributed by atoms with van der Waals surface area (Å²) in [5.74, 6) is 0.632. The fraction of sp³-hybridized carbons (Fsp3) is 0.588. The number of anilines is 1. The lowest BCUT2D eigenvalue weighted by molar-refractivity contribution is 0.541. The van der Waals surface area contributed by atoms with Crippen molar-refractivity contribution in [3.8, 4) is 6.07 Å². The van der Waals surface area contributed by atoms with Crippen LogP contribution in [0.2, 0.25) is 0 Å². The van der Waals surface area contributed by atoms with Gasteiger partial charge in [0.15, 0.2) is 0 Å². The predicted molar refractivity (Wildman–Crippen MR) is 84.0 cm³/mol. The number of rotatable bonds is 5. The SMILES string of the molecule is Cc1cc(N(CC(C)C)CC2CCCN2)ccc1C#N. The fourth-order valence-corrected chi connectivity index (χ4v) is 2.87. The van der Waals surface area contributed by atoms with Crippen LogP contribution in [0.15, 0.2) is 18.2 Å². The van der Waals surface area contributed by atoms with Gasteiger partial charge in [-0.2, -0.15) is 5.26 Å². The summed E-state index contributed by atoms with van der Waals surface area (Å²) in [6.45, 7) is 9.79. The minimum absolute atomic E-state index is 0.602. The van der Waals surface area contributed by atoms with E-state index in [-0.39, 0.29) is 0 Å². The molecule has 3 heteroatoms. The number of benzene rings is 1. The van der Waals surface area contributed by atoms with Crippen LogP contribution in [0.3, 0.4) is 0 Å². The summed E-state index contributed by atoms with van der Waals surface area (Å²) in [5.41, 5.74) is 3.08. The van der Waals surface area contributed by atoms with Crippen molar-refractivity contribution in [2.45, 2.75) is 39.7 Å². The number of nitrogens with zero attached hydrogens (tertiary/aromatic N) is 2. The molecule has 0 spiro atoms. The van der Waals surface area contributed by atoms with Gasteiger partial charge in [-0.3, -0.25) is 0 Å². The molecule has 1 heterocycles. The van der Waals surface area contributed by atoms with Crippen LogP contribution in [0, 0.1) is 24.2 Å². The molecule has 0 amide bonds. The van der Waals surface area contributed by atoms with Crippen molar-refractivity contribution in [3.05, 3.63) is 29.3 Å². The second-order valence-electron chi connectivity index (χ2n) is 6.20. The minimum atomic E-state index is 0.602. The second kappa shape index (κ2) is 6.76. The van der Waals surface area contributed by atoms with E-state index in [9.17, 15) is 0 Å². The summed E-state index contributed by atoms with van der Waals surface area (Å²) in [7, 11) is 0. The zero-order valence-electron chi connectivity index (χ0n) is 12.8. The second-order valence-corrected chi connectivity index (χ2v) is 6.20. The van der Waals surface area contributed by atoms with Crippen molar-refractivity contribution in [1.82, 2.24) is 5.32 Å². The van der Waals surface area contributed by atoms with Gasteiger partial charge in [-0.1, -0.05) is 13.8 Å². The lowest BCUT2D eigenvalue weighted by atomic mass is 10.1. The Kier molecular flexibility index (Phi) is 5.03. The average molecular weight is 271 g/mol. The lowest BCUT2D eigenvalue weighted by Crippen LogP contribution is -2.39. The lowest BCUT2D eigenvalue weighted by Gasteiger charge is -2.30. The predicted octanol–water partition coefficient (Wildman–Crippen LogP) is 3.08. The molecule has 0 aliphatic carbocycles. The number of hydrogen-bond acceptors (Lipinski definition) is 3. The molecule has 1 aromatic rings. The quantitative estimate of drug-likeness (QED) is 0.894. The van der Waals surface area contributed by atoms with Gasteiger partial charge in [0.05, 0.1) is 11.6 Å². The summed E-state index contributed by atoms with van der Waals surface area (Å²) in [6, 6.07) is 9.03. The van der Waals surface area contributed by atoms with Gasteiger partial charge < -0.3 is 10.2 Å². The maximum Gasteiger partial charge on any atom is 0.0994 e. The molecule has 3 nitrogen and oxygen atoms in total. The number of nitriles is 1. The zero-order valence-corrected chi connectivity index (χ0v) is 12.8. The van der Waals surface area contributed by atoms with E-state index in [4.69, 9.17) is 5.26 Å². The van der Waals surface area contributed by atoms with Crippen LogP contribution in [-0.2, 0) is 0 Å². The average Bonchev–Trinajstić information content (AvgIpc) is 2.90. The first-order chi connectivity index (χ1) is 9.60. The molecule has 1 unspecified atom stereocenters. The van der Waals surface area contributed by atoms with Gasteiger partial charge in [0, 0.05) is 24.8 Å². The van der Waals surface area contributed by atoms with Crippen molar-refractivity contribution < 1.29 is 0 Å². The molecule has 0 radical (unpaired) electrons. The van der Waals surface area contributed by atoms with E-state index in [2.05, 4.69) is 42.3 Å². The molecule has 0 saturated carbocycles. The Morgan fingerprint density at radius 2 is 2.25 bits per heavy atom. The van der Waals surface area contributed by atoms with Crippen molar-refractivity contribution in [3.63, 3.8) is 0 Å². The van der Waals surface area contributed by atoms with Crippen LogP contribution < -0.4 is 10.2 Å². The highest BCUT2D eigenvalue weighted by atomic mass is 15.2. The highest BCUT2D eigenvalue weighted by Crippen LogP contribution is 2.21. The molecule has 0 bridgehead atoms. The van der Waals surface area contributed by atoms with Gasteiger partial charge in [-0.05, 0) is 56.0 Å². The maximum atomic E-state index is 9.05. The third-order valence-corrected chi connectivity index (χ3v) is 3.88. The Morgan fingerprint density at radius 3 is 2.80 bits per heavy atom. The van der Waals surface area contributed by atoms with Crippen molar-refractivity contribution in [1.29, 1.82) is 5.26 Å². The highest BCUT2D eigenvalue weighted by molar-refractivity contribution is 5.53. The molecule has 1 aliphatic heterocycles. The highest BCUT2D eigenvalue weighted by Gasteiger charge is 2.19. The van der Waals surface area contributed by atoms with Crippen molar-refractivity contribution >= 4 is 5.69 Å². The number of nitrogens with one attached hydrogen (secondary N) is 1. The smallest absolute Gasteiger partial charge is 0.0994 e. The first-order valence-corrected chi connectivity index (χ1v) is 7.59. The van der Waals surface area contributed by atoms with Gasteiger partial charge in [0.25, 0.3) is 0 Å². The van der Waals surface area contributed by atoms with Gasteiger partial charge in [-0.25, -0.2) is 0 Å². The van der Waals surface area contributed by atoms with E-state index in [1.165, 1.54) is 18.5 Å². The molecule has 1 aromatic carbocycles. The molecule has 1 N–H and O–H groups in total. The topological polar surface area (TPSA) is 39.1 Å². The maximum absolute atomic E-state index is 9.05. The molecule has 0 aromatic heterocycles. The number of aryl methyl sites for hydroxylation is 1. The Hall–Kier alpha value is -1.53. The molecule has 1 fully saturated rings. The first-order valence-electron chi connectivity index (χ1n) is 7.59. The van der Waals surface area contributed by atoms with Crippen LogP contribution >= 0.6 is 0 Å². The summed E-state index contributed by atoms with van der Waals surface area (Å²) in [6.07, 6.45) is 2.55. The molecule has 1 saturated heterocycles. The summed E-state index contributed by atoms with van der Waals surface area (Å²) in [4.78, 5) is 2.46. The largest absolute Gasteiger partial charge is 0.370 e. The van der Waals surface area contributed by atoms with E-state index < -0.39 is 0 Å². The van der Waals surface area contributed by atoms with E-state index >= 15 is 0 Å². The van der Waals surface area contributed by atoms with E-state index in [0.717, 1.165) is 30.8 Å². The molecule has 1 atom stereocenters. The van der Waals surface area contributed by atoms with E-state index in [1.54, 1.807) is 0 Å².